The monoisotopic (exact) mass is 292 g/mol. The van der Waals surface area contributed by atoms with E-state index in [1.165, 1.54) is 12.1 Å². The number of nitro groups is 1. The number of carbonyl (C=O) groups is 1. The van der Waals surface area contributed by atoms with Gasteiger partial charge in [0.05, 0.1) is 4.92 Å². The van der Waals surface area contributed by atoms with E-state index in [0.717, 1.165) is 25.7 Å². The molecule has 0 aromatic heterocycles. The van der Waals surface area contributed by atoms with Gasteiger partial charge in [-0.2, -0.15) is 0 Å². The molecule has 0 heterocycles. The van der Waals surface area contributed by atoms with E-state index in [0.29, 0.717) is 11.1 Å². The highest BCUT2D eigenvalue weighted by molar-refractivity contribution is 5.96. The zero-order valence-corrected chi connectivity index (χ0v) is 12.0. The lowest BCUT2D eigenvalue weighted by Crippen LogP contribution is -2.43. The molecule has 0 bridgehead atoms. The van der Waals surface area contributed by atoms with E-state index in [1.807, 2.05) is 0 Å². The van der Waals surface area contributed by atoms with Gasteiger partial charge in [0, 0.05) is 36.3 Å². The third kappa shape index (κ3) is 3.58. The molecule has 6 nitrogen and oxygen atoms in total. The van der Waals surface area contributed by atoms with Gasteiger partial charge in [-0.1, -0.05) is 18.9 Å². The average molecular weight is 292 g/mol. The van der Waals surface area contributed by atoms with Crippen LogP contribution in [0.3, 0.4) is 0 Å². The van der Waals surface area contributed by atoms with Crippen molar-refractivity contribution < 1.29 is 14.8 Å². The molecule has 6 heteroatoms. The van der Waals surface area contributed by atoms with Gasteiger partial charge in [0.1, 0.15) is 0 Å². The molecule has 0 radical (unpaired) electrons. The van der Waals surface area contributed by atoms with Gasteiger partial charge in [0.2, 0.25) is 0 Å². The van der Waals surface area contributed by atoms with Crippen LogP contribution in [0.2, 0.25) is 0 Å². The second-order valence-electron chi connectivity index (χ2n) is 5.56. The molecule has 1 aliphatic rings. The Morgan fingerprint density at radius 2 is 2.14 bits per heavy atom. The van der Waals surface area contributed by atoms with Gasteiger partial charge in [0.25, 0.3) is 11.6 Å². The minimum atomic E-state index is -0.507. The average Bonchev–Trinajstić information content (AvgIpc) is 2.47. The van der Waals surface area contributed by atoms with E-state index in [9.17, 15) is 20.0 Å². The van der Waals surface area contributed by atoms with Gasteiger partial charge in [-0.3, -0.25) is 14.9 Å². The molecule has 2 unspecified atom stereocenters. The Bertz CT molecular complexity index is 544. The van der Waals surface area contributed by atoms with Crippen LogP contribution in [0.15, 0.2) is 18.2 Å². The Labute approximate surface area is 123 Å². The van der Waals surface area contributed by atoms with Crippen molar-refractivity contribution in [3.63, 3.8) is 0 Å². The molecule has 21 heavy (non-hydrogen) atoms. The molecule has 1 aliphatic carbocycles. The Kier molecular flexibility index (Phi) is 4.90. The van der Waals surface area contributed by atoms with Crippen LogP contribution in [0.25, 0.3) is 0 Å². The number of nitrogens with one attached hydrogen (secondary N) is 1. The van der Waals surface area contributed by atoms with Gasteiger partial charge >= 0.3 is 0 Å². The van der Waals surface area contributed by atoms with Crippen LogP contribution in [-0.2, 0) is 0 Å². The van der Waals surface area contributed by atoms with Crippen LogP contribution < -0.4 is 5.32 Å². The van der Waals surface area contributed by atoms with Crippen LogP contribution in [0, 0.1) is 23.0 Å². The first-order valence-electron chi connectivity index (χ1n) is 7.19. The molecule has 2 rings (SSSR count). The van der Waals surface area contributed by atoms with Gasteiger partial charge in [-0.15, -0.1) is 0 Å². The number of aliphatic hydroxyl groups is 1. The molecular weight excluding hydrogens is 272 g/mol. The summed E-state index contributed by atoms with van der Waals surface area (Å²) in [5.41, 5.74) is 0.939. The van der Waals surface area contributed by atoms with Gasteiger partial charge < -0.3 is 10.4 Å². The lowest BCUT2D eigenvalue weighted by Gasteiger charge is -2.31. The zero-order chi connectivity index (χ0) is 15.4. The molecule has 1 aromatic carbocycles. The maximum Gasteiger partial charge on any atom is 0.270 e. The summed E-state index contributed by atoms with van der Waals surface area (Å²) >= 11 is 0. The molecule has 1 amide bonds. The number of aliphatic hydroxyl groups excluding tert-OH is 1. The van der Waals surface area contributed by atoms with Crippen LogP contribution in [-0.4, -0.2) is 28.6 Å². The quantitative estimate of drug-likeness (QED) is 0.657. The number of rotatable bonds is 4. The fourth-order valence-electron chi connectivity index (χ4n) is 2.83. The molecular formula is C15H20N2O4. The van der Waals surface area contributed by atoms with E-state index in [4.69, 9.17) is 0 Å². The highest BCUT2D eigenvalue weighted by Crippen LogP contribution is 2.25. The number of hydrogen-bond donors (Lipinski definition) is 2. The largest absolute Gasteiger partial charge is 0.396 e. The maximum absolute atomic E-state index is 12.4. The summed E-state index contributed by atoms with van der Waals surface area (Å²) in [5, 5.41) is 23.1. The van der Waals surface area contributed by atoms with Crippen LogP contribution in [0.4, 0.5) is 5.69 Å². The topological polar surface area (TPSA) is 92.5 Å². The van der Waals surface area contributed by atoms with E-state index in [-0.39, 0.29) is 30.2 Å². The first-order valence-corrected chi connectivity index (χ1v) is 7.19. The predicted molar refractivity (Wildman–Crippen MR) is 78.1 cm³/mol. The summed E-state index contributed by atoms with van der Waals surface area (Å²) in [6.45, 7) is 1.81. The van der Waals surface area contributed by atoms with Crippen molar-refractivity contribution in [2.45, 2.75) is 38.6 Å². The number of aryl methyl sites for hydroxylation is 1. The molecule has 1 aromatic rings. The maximum atomic E-state index is 12.4. The van der Waals surface area contributed by atoms with Crippen molar-refractivity contribution in [1.29, 1.82) is 0 Å². The summed E-state index contributed by atoms with van der Waals surface area (Å²) in [6, 6.07) is 4.22. The predicted octanol–water partition coefficient (Wildman–Crippen LogP) is 2.18. The fraction of sp³-hybridized carbons (Fsp3) is 0.533. The third-order valence-electron chi connectivity index (χ3n) is 4.14. The second-order valence-corrected chi connectivity index (χ2v) is 5.56. The van der Waals surface area contributed by atoms with Gasteiger partial charge in [0.15, 0.2) is 0 Å². The minimum absolute atomic E-state index is 0.0544. The van der Waals surface area contributed by atoms with E-state index >= 15 is 0 Å². The molecule has 114 valence electrons. The Hall–Kier alpha value is -1.95. The second kappa shape index (κ2) is 6.67. The lowest BCUT2D eigenvalue weighted by atomic mass is 9.85. The lowest BCUT2D eigenvalue weighted by molar-refractivity contribution is -0.384. The number of hydrogen-bond acceptors (Lipinski definition) is 4. The highest BCUT2D eigenvalue weighted by atomic mass is 16.6. The number of carbonyl (C=O) groups excluding carboxylic acids is 1. The fourth-order valence-corrected chi connectivity index (χ4v) is 2.83. The number of nitro benzene ring substituents is 1. The zero-order valence-electron chi connectivity index (χ0n) is 12.0. The van der Waals surface area contributed by atoms with Crippen molar-refractivity contribution in [1.82, 2.24) is 5.32 Å². The van der Waals surface area contributed by atoms with Crippen LogP contribution in [0.1, 0.15) is 41.6 Å². The Balaban J connectivity index is 2.16. The van der Waals surface area contributed by atoms with Crippen molar-refractivity contribution in [2.75, 3.05) is 6.61 Å². The number of benzene rings is 1. The van der Waals surface area contributed by atoms with Crippen molar-refractivity contribution in [3.8, 4) is 0 Å². The summed E-state index contributed by atoms with van der Waals surface area (Å²) in [4.78, 5) is 22.7. The first kappa shape index (κ1) is 15.4. The molecule has 0 aliphatic heterocycles. The number of amides is 1. The van der Waals surface area contributed by atoms with Gasteiger partial charge in [-0.05, 0) is 25.3 Å². The smallest absolute Gasteiger partial charge is 0.270 e. The normalized spacial score (nSPS) is 21.8. The van der Waals surface area contributed by atoms with E-state index in [2.05, 4.69) is 5.32 Å². The van der Waals surface area contributed by atoms with Crippen molar-refractivity contribution >= 4 is 11.6 Å². The summed E-state index contributed by atoms with van der Waals surface area (Å²) in [6.07, 6.45) is 3.82. The van der Waals surface area contributed by atoms with Crippen molar-refractivity contribution in [3.05, 3.63) is 39.4 Å². The minimum Gasteiger partial charge on any atom is -0.396 e. The Morgan fingerprint density at radius 1 is 1.43 bits per heavy atom. The molecule has 2 N–H and O–H groups in total. The summed E-state index contributed by atoms with van der Waals surface area (Å²) < 4.78 is 0. The number of nitrogens with zero attached hydrogens (tertiary/aromatic N) is 1. The Morgan fingerprint density at radius 3 is 2.81 bits per heavy atom. The molecule has 0 spiro atoms. The van der Waals surface area contributed by atoms with Crippen molar-refractivity contribution in [2.24, 2.45) is 5.92 Å². The first-order chi connectivity index (χ1) is 10.0. The third-order valence-corrected chi connectivity index (χ3v) is 4.14. The van der Waals surface area contributed by atoms with Gasteiger partial charge in [-0.25, -0.2) is 0 Å². The SMILES string of the molecule is Cc1ccc([N+](=O)[O-])cc1C(=O)NC1CCCCC1CO. The molecule has 1 saturated carbocycles. The number of non-ortho nitro benzene ring substituents is 1. The standard InChI is InChI=1S/C15H20N2O4/c1-10-6-7-12(17(20)21)8-13(10)15(19)16-14-5-3-2-4-11(14)9-18/h6-8,11,14,18H,2-5,9H2,1H3,(H,16,19). The summed E-state index contributed by atoms with van der Waals surface area (Å²) in [7, 11) is 0. The highest BCUT2D eigenvalue weighted by Gasteiger charge is 2.27. The van der Waals surface area contributed by atoms with Crippen LogP contribution >= 0.6 is 0 Å². The summed E-state index contributed by atoms with van der Waals surface area (Å²) in [5.74, 6) is -0.233. The molecule has 2 atom stereocenters. The van der Waals surface area contributed by atoms with E-state index < -0.39 is 4.92 Å². The van der Waals surface area contributed by atoms with E-state index in [1.54, 1.807) is 13.0 Å². The molecule has 0 saturated heterocycles. The van der Waals surface area contributed by atoms with Crippen LogP contribution in [0.5, 0.6) is 0 Å². The molecule has 1 fully saturated rings.